The first-order valence-electron chi connectivity index (χ1n) is 3.96. The molecule has 0 saturated carbocycles. The number of rotatable bonds is 1. The van der Waals surface area contributed by atoms with Crippen molar-refractivity contribution in [2.45, 2.75) is 4.90 Å². The van der Waals surface area contributed by atoms with E-state index < -0.39 is 0 Å². The Morgan fingerprint density at radius 2 is 2.29 bits per heavy atom. The van der Waals surface area contributed by atoms with Crippen molar-refractivity contribution in [3.8, 4) is 11.8 Å². The van der Waals surface area contributed by atoms with Gasteiger partial charge in [0, 0.05) is 15.0 Å². The molecule has 0 aliphatic carbocycles. The number of nitrogens with zero attached hydrogens (tertiary/aromatic N) is 1. The van der Waals surface area contributed by atoms with Crippen molar-refractivity contribution in [1.29, 1.82) is 5.26 Å². The number of methoxy groups -OCH3 is 1. The average molecular weight is 221 g/mol. The predicted octanol–water partition coefficient (Wildman–Crippen LogP) is 3.07. The lowest BCUT2D eigenvalue weighted by Gasteiger charge is -1.97. The van der Waals surface area contributed by atoms with Gasteiger partial charge >= 0.3 is 0 Å². The lowest BCUT2D eigenvalue weighted by molar-refractivity contribution is 0.415. The molecule has 2 aromatic rings. The van der Waals surface area contributed by atoms with Crippen LogP contribution in [0.5, 0.6) is 5.75 Å². The van der Waals surface area contributed by atoms with Crippen LogP contribution >= 0.6 is 24.0 Å². The summed E-state index contributed by atoms with van der Waals surface area (Å²) in [4.78, 5) is 1.41. The number of hydrogen-bond donors (Lipinski definition) is 1. The minimum atomic E-state index is 0.650. The SMILES string of the molecule is COc1ccc2c(S)c(C#N)sc2c1. The molecule has 0 fully saturated rings. The zero-order valence-corrected chi connectivity index (χ0v) is 9.15. The maximum Gasteiger partial charge on any atom is 0.120 e. The summed E-state index contributed by atoms with van der Waals surface area (Å²) in [5, 5.41) is 9.84. The van der Waals surface area contributed by atoms with Crippen LogP contribution in [0, 0.1) is 11.3 Å². The van der Waals surface area contributed by atoms with Crippen molar-refractivity contribution in [1.82, 2.24) is 0 Å². The lowest BCUT2D eigenvalue weighted by atomic mass is 10.2. The van der Waals surface area contributed by atoms with Crippen molar-refractivity contribution in [3.63, 3.8) is 0 Å². The van der Waals surface area contributed by atoms with Crippen LogP contribution in [-0.2, 0) is 0 Å². The Bertz CT molecular complexity index is 525. The molecule has 0 unspecified atom stereocenters. The van der Waals surface area contributed by atoms with Crippen LogP contribution in [-0.4, -0.2) is 7.11 Å². The average Bonchev–Trinajstić information content (AvgIpc) is 2.55. The van der Waals surface area contributed by atoms with Gasteiger partial charge in [0.1, 0.15) is 16.7 Å². The third kappa shape index (κ3) is 1.35. The van der Waals surface area contributed by atoms with Crippen molar-refractivity contribution >= 4 is 34.1 Å². The van der Waals surface area contributed by atoms with Crippen LogP contribution in [0.1, 0.15) is 4.88 Å². The highest BCUT2D eigenvalue weighted by Gasteiger charge is 2.08. The molecular weight excluding hydrogens is 214 g/mol. The summed E-state index contributed by atoms with van der Waals surface area (Å²) in [7, 11) is 1.63. The standard InChI is InChI=1S/C10H7NOS2/c1-12-6-2-3-7-8(4-6)14-9(5-11)10(7)13/h2-4,13H,1H3. The Labute approximate surface area is 91.1 Å². The van der Waals surface area contributed by atoms with E-state index in [1.807, 2.05) is 18.2 Å². The molecule has 0 amide bonds. The van der Waals surface area contributed by atoms with Gasteiger partial charge in [-0.2, -0.15) is 5.26 Å². The molecule has 1 aromatic heterocycles. The molecule has 2 nitrogen and oxygen atoms in total. The number of fused-ring (bicyclic) bond motifs is 1. The molecule has 70 valence electrons. The molecule has 0 spiro atoms. The van der Waals surface area contributed by atoms with E-state index in [-0.39, 0.29) is 0 Å². The highest BCUT2D eigenvalue weighted by molar-refractivity contribution is 7.80. The molecule has 0 aliphatic heterocycles. The molecule has 1 aromatic carbocycles. The highest BCUT2D eigenvalue weighted by Crippen LogP contribution is 2.35. The molecule has 1 heterocycles. The lowest BCUT2D eigenvalue weighted by Crippen LogP contribution is -1.79. The van der Waals surface area contributed by atoms with Gasteiger partial charge in [0.25, 0.3) is 0 Å². The first kappa shape index (κ1) is 9.38. The maximum atomic E-state index is 8.83. The van der Waals surface area contributed by atoms with E-state index in [4.69, 9.17) is 10.00 Å². The van der Waals surface area contributed by atoms with E-state index in [0.29, 0.717) is 4.88 Å². The van der Waals surface area contributed by atoms with E-state index in [2.05, 4.69) is 18.7 Å². The number of hydrogen-bond acceptors (Lipinski definition) is 4. The van der Waals surface area contributed by atoms with Gasteiger partial charge in [0.15, 0.2) is 0 Å². The molecule has 0 atom stereocenters. The summed E-state index contributed by atoms with van der Waals surface area (Å²) in [6.45, 7) is 0. The quantitative estimate of drug-likeness (QED) is 0.751. The summed E-state index contributed by atoms with van der Waals surface area (Å²) in [5.74, 6) is 0.802. The Hall–Kier alpha value is -1.18. The molecule has 0 aliphatic rings. The zero-order valence-electron chi connectivity index (χ0n) is 7.44. The molecule has 2 rings (SSSR count). The van der Waals surface area contributed by atoms with Gasteiger partial charge in [-0.05, 0) is 18.2 Å². The van der Waals surface area contributed by atoms with Gasteiger partial charge in [-0.1, -0.05) is 0 Å². The third-order valence-electron chi connectivity index (χ3n) is 1.97. The summed E-state index contributed by atoms with van der Waals surface area (Å²) in [6, 6.07) is 7.84. The van der Waals surface area contributed by atoms with Crippen molar-refractivity contribution in [2.24, 2.45) is 0 Å². The van der Waals surface area contributed by atoms with Gasteiger partial charge in [-0.15, -0.1) is 24.0 Å². The maximum absolute atomic E-state index is 8.83. The Morgan fingerprint density at radius 1 is 1.50 bits per heavy atom. The number of nitriles is 1. The normalized spacial score (nSPS) is 10.1. The van der Waals surface area contributed by atoms with E-state index in [1.165, 1.54) is 11.3 Å². The van der Waals surface area contributed by atoms with Gasteiger partial charge < -0.3 is 4.74 Å². The molecule has 4 heteroatoms. The predicted molar refractivity (Wildman–Crippen MR) is 60.3 cm³/mol. The molecule has 0 bridgehead atoms. The summed E-state index contributed by atoms with van der Waals surface area (Å²) in [6.07, 6.45) is 0. The van der Waals surface area contributed by atoms with E-state index in [9.17, 15) is 0 Å². The zero-order chi connectivity index (χ0) is 10.1. The number of thiophene rings is 1. The van der Waals surface area contributed by atoms with Crippen LogP contribution in [0.4, 0.5) is 0 Å². The summed E-state index contributed by atoms with van der Waals surface area (Å²) < 4.78 is 6.14. The fourth-order valence-electron chi connectivity index (χ4n) is 1.27. The van der Waals surface area contributed by atoms with Crippen LogP contribution in [0.2, 0.25) is 0 Å². The second kappa shape index (κ2) is 3.52. The Morgan fingerprint density at radius 3 is 2.93 bits per heavy atom. The molecule has 0 radical (unpaired) electrons. The first-order chi connectivity index (χ1) is 6.76. The minimum absolute atomic E-state index is 0.650. The Kier molecular flexibility index (Phi) is 2.36. The second-order valence-corrected chi connectivity index (χ2v) is 4.25. The van der Waals surface area contributed by atoms with E-state index >= 15 is 0 Å². The van der Waals surface area contributed by atoms with Crippen LogP contribution in [0.3, 0.4) is 0 Å². The fraction of sp³-hybridized carbons (Fsp3) is 0.100. The molecule has 14 heavy (non-hydrogen) atoms. The second-order valence-electron chi connectivity index (χ2n) is 2.75. The topological polar surface area (TPSA) is 33.0 Å². The monoisotopic (exact) mass is 221 g/mol. The summed E-state index contributed by atoms with van der Waals surface area (Å²) in [5.41, 5.74) is 0. The van der Waals surface area contributed by atoms with E-state index in [0.717, 1.165) is 20.7 Å². The van der Waals surface area contributed by atoms with Gasteiger partial charge in [-0.25, -0.2) is 0 Å². The van der Waals surface area contributed by atoms with Crippen LogP contribution < -0.4 is 4.74 Å². The third-order valence-corrected chi connectivity index (χ3v) is 3.65. The van der Waals surface area contributed by atoms with Gasteiger partial charge in [-0.3, -0.25) is 0 Å². The van der Waals surface area contributed by atoms with Gasteiger partial charge in [0.2, 0.25) is 0 Å². The Balaban J connectivity index is 2.74. The number of thiol groups is 1. The first-order valence-corrected chi connectivity index (χ1v) is 5.22. The summed E-state index contributed by atoms with van der Waals surface area (Å²) >= 11 is 5.74. The van der Waals surface area contributed by atoms with Crippen LogP contribution in [0.25, 0.3) is 10.1 Å². The van der Waals surface area contributed by atoms with Crippen molar-refractivity contribution < 1.29 is 4.74 Å². The smallest absolute Gasteiger partial charge is 0.120 e. The van der Waals surface area contributed by atoms with Crippen molar-refractivity contribution in [3.05, 3.63) is 23.1 Å². The van der Waals surface area contributed by atoms with Crippen LogP contribution in [0.15, 0.2) is 23.1 Å². The fourth-order valence-corrected chi connectivity index (χ4v) is 2.65. The molecule has 0 saturated heterocycles. The van der Waals surface area contributed by atoms with E-state index in [1.54, 1.807) is 7.11 Å². The van der Waals surface area contributed by atoms with Crippen molar-refractivity contribution in [2.75, 3.05) is 7.11 Å². The molecular formula is C10H7NOS2. The minimum Gasteiger partial charge on any atom is -0.497 e. The highest BCUT2D eigenvalue weighted by atomic mass is 32.1. The number of ether oxygens (including phenoxy) is 1. The largest absolute Gasteiger partial charge is 0.497 e. The molecule has 0 N–H and O–H groups in total. The number of benzene rings is 1. The van der Waals surface area contributed by atoms with Gasteiger partial charge in [0.05, 0.1) is 7.11 Å².